The van der Waals surface area contributed by atoms with Gasteiger partial charge in [0, 0.05) is 36.4 Å². The van der Waals surface area contributed by atoms with Crippen LogP contribution in [0.4, 0.5) is 0 Å². The molecule has 2 aromatic carbocycles. The van der Waals surface area contributed by atoms with Crippen molar-refractivity contribution in [1.29, 1.82) is 0 Å². The molecule has 0 N–H and O–H groups in total. The van der Waals surface area contributed by atoms with Crippen molar-refractivity contribution in [1.82, 2.24) is 4.31 Å². The lowest BCUT2D eigenvalue weighted by atomic mass is 9.65. The lowest BCUT2D eigenvalue weighted by Gasteiger charge is -2.45. The van der Waals surface area contributed by atoms with Crippen molar-refractivity contribution < 1.29 is 13.2 Å². The number of halogens is 1. The predicted molar refractivity (Wildman–Crippen MR) is 110 cm³/mol. The molecule has 28 heavy (non-hydrogen) atoms. The second kappa shape index (κ2) is 7.47. The highest BCUT2D eigenvalue weighted by molar-refractivity contribution is 7.89. The van der Waals surface area contributed by atoms with Gasteiger partial charge in [-0.05, 0) is 42.7 Å². The lowest BCUT2D eigenvalue weighted by molar-refractivity contribution is -0.120. The number of benzene rings is 2. The Morgan fingerprint density at radius 3 is 2.46 bits per heavy atom. The van der Waals surface area contributed by atoms with E-state index in [0.29, 0.717) is 37.4 Å². The van der Waals surface area contributed by atoms with E-state index in [1.165, 1.54) is 0 Å². The zero-order valence-electron chi connectivity index (χ0n) is 15.5. The van der Waals surface area contributed by atoms with E-state index in [9.17, 15) is 13.2 Å². The van der Waals surface area contributed by atoms with Crippen LogP contribution in [0.15, 0.2) is 71.1 Å². The highest BCUT2D eigenvalue weighted by Crippen LogP contribution is 2.46. The first kappa shape index (κ1) is 19.4. The molecule has 1 saturated carbocycles. The van der Waals surface area contributed by atoms with Crippen molar-refractivity contribution in [2.75, 3.05) is 13.1 Å². The van der Waals surface area contributed by atoms with Crippen LogP contribution in [-0.2, 0) is 21.2 Å². The van der Waals surface area contributed by atoms with E-state index in [0.717, 1.165) is 17.6 Å². The third kappa shape index (κ3) is 3.66. The topological polar surface area (TPSA) is 54.5 Å². The molecule has 4 rings (SSSR count). The van der Waals surface area contributed by atoms with Crippen molar-refractivity contribution in [2.45, 2.75) is 30.6 Å². The van der Waals surface area contributed by atoms with Crippen molar-refractivity contribution in [3.63, 3.8) is 0 Å². The van der Waals surface area contributed by atoms with E-state index in [1.807, 2.05) is 24.3 Å². The fraction of sp³-hybridized carbons (Fsp3) is 0.318. The van der Waals surface area contributed by atoms with Crippen LogP contribution in [0.5, 0.6) is 0 Å². The maximum Gasteiger partial charge on any atom is 0.243 e. The molecule has 1 aliphatic heterocycles. The second-order valence-corrected chi connectivity index (χ2v) is 10.0. The van der Waals surface area contributed by atoms with Crippen LogP contribution >= 0.6 is 11.6 Å². The van der Waals surface area contributed by atoms with E-state index < -0.39 is 10.0 Å². The Morgan fingerprint density at radius 1 is 1.04 bits per heavy atom. The van der Waals surface area contributed by atoms with E-state index in [1.54, 1.807) is 28.6 Å². The summed E-state index contributed by atoms with van der Waals surface area (Å²) in [6, 6.07) is 16.4. The minimum Gasteiger partial charge on any atom is -0.299 e. The standard InChI is InChI=1S/C22H22ClNO3S/c23-19-6-8-21(9-7-19)28(26,27)24-13-11-18-14-20(25)10-12-22(18,16-24)15-17-4-2-1-3-5-17/h1-9,11H,10,12-16H2. The summed E-state index contributed by atoms with van der Waals surface area (Å²) in [4.78, 5) is 12.3. The van der Waals surface area contributed by atoms with Gasteiger partial charge in [-0.1, -0.05) is 53.6 Å². The molecular formula is C22H22ClNO3S. The zero-order valence-corrected chi connectivity index (χ0v) is 17.0. The lowest BCUT2D eigenvalue weighted by Crippen LogP contribution is -2.49. The predicted octanol–water partition coefficient (Wildman–Crippen LogP) is 4.25. The summed E-state index contributed by atoms with van der Waals surface area (Å²) in [5.41, 5.74) is 1.93. The molecule has 1 aliphatic carbocycles. The van der Waals surface area contributed by atoms with Crippen LogP contribution in [0.3, 0.4) is 0 Å². The smallest absolute Gasteiger partial charge is 0.243 e. The highest BCUT2D eigenvalue weighted by Gasteiger charge is 2.45. The monoisotopic (exact) mass is 415 g/mol. The van der Waals surface area contributed by atoms with Gasteiger partial charge in [0.05, 0.1) is 4.90 Å². The summed E-state index contributed by atoms with van der Waals surface area (Å²) >= 11 is 5.91. The van der Waals surface area contributed by atoms with Gasteiger partial charge in [-0.2, -0.15) is 4.31 Å². The molecule has 6 heteroatoms. The molecule has 2 aliphatic rings. The summed E-state index contributed by atoms with van der Waals surface area (Å²) < 4.78 is 28.0. The van der Waals surface area contributed by atoms with Gasteiger partial charge in [0.15, 0.2) is 0 Å². The van der Waals surface area contributed by atoms with Gasteiger partial charge in [-0.25, -0.2) is 8.42 Å². The Morgan fingerprint density at radius 2 is 1.75 bits per heavy atom. The Bertz CT molecular complexity index is 1020. The second-order valence-electron chi connectivity index (χ2n) is 7.64. The first-order chi connectivity index (χ1) is 13.4. The molecule has 2 aromatic rings. The average Bonchev–Trinajstić information content (AvgIpc) is 2.69. The number of hydrogen-bond donors (Lipinski definition) is 0. The summed E-state index contributed by atoms with van der Waals surface area (Å²) in [7, 11) is -3.63. The number of nitrogens with zero attached hydrogens (tertiary/aromatic N) is 1. The molecular weight excluding hydrogens is 394 g/mol. The minimum atomic E-state index is -3.63. The summed E-state index contributed by atoms with van der Waals surface area (Å²) in [6.07, 6.45) is 4.30. The largest absolute Gasteiger partial charge is 0.299 e. The maximum absolute atomic E-state index is 13.2. The first-order valence-electron chi connectivity index (χ1n) is 9.40. The van der Waals surface area contributed by atoms with E-state index in [-0.39, 0.29) is 16.1 Å². The van der Waals surface area contributed by atoms with Crippen molar-refractivity contribution in [3.05, 3.63) is 76.8 Å². The number of carbonyl (C=O) groups excluding carboxylic acids is 1. The SMILES string of the molecule is O=C1CCC2(Cc3ccccc3)CN(S(=O)(=O)c3ccc(Cl)cc3)CC=C2C1. The Kier molecular flexibility index (Phi) is 5.17. The molecule has 0 spiro atoms. The number of carbonyl (C=O) groups is 1. The highest BCUT2D eigenvalue weighted by atomic mass is 35.5. The molecule has 1 unspecified atom stereocenters. The van der Waals surface area contributed by atoms with Crippen LogP contribution in [0.2, 0.25) is 5.02 Å². The molecule has 1 atom stereocenters. The maximum atomic E-state index is 13.2. The fourth-order valence-electron chi connectivity index (χ4n) is 4.29. The van der Waals surface area contributed by atoms with Crippen LogP contribution < -0.4 is 0 Å². The van der Waals surface area contributed by atoms with Gasteiger partial charge >= 0.3 is 0 Å². The number of fused-ring (bicyclic) bond motifs is 1. The fourth-order valence-corrected chi connectivity index (χ4v) is 5.89. The number of hydrogen-bond acceptors (Lipinski definition) is 3. The van der Waals surface area contributed by atoms with Gasteiger partial charge in [0.1, 0.15) is 5.78 Å². The summed E-state index contributed by atoms with van der Waals surface area (Å²) in [5, 5.41) is 0.506. The van der Waals surface area contributed by atoms with Crippen LogP contribution in [0.1, 0.15) is 24.8 Å². The number of rotatable bonds is 4. The molecule has 1 fully saturated rings. The normalized spacial score (nSPS) is 23.2. The molecule has 0 saturated heterocycles. The molecule has 4 nitrogen and oxygen atoms in total. The average molecular weight is 416 g/mol. The molecule has 146 valence electrons. The Hall–Kier alpha value is -1.95. The first-order valence-corrected chi connectivity index (χ1v) is 11.2. The van der Waals surface area contributed by atoms with Gasteiger partial charge in [-0.3, -0.25) is 4.79 Å². The van der Waals surface area contributed by atoms with Gasteiger partial charge in [0.2, 0.25) is 10.0 Å². The Labute approximate surface area is 170 Å². The van der Waals surface area contributed by atoms with Gasteiger partial charge in [-0.15, -0.1) is 0 Å². The van der Waals surface area contributed by atoms with Crippen molar-refractivity contribution in [3.8, 4) is 0 Å². The molecule has 0 amide bonds. The van der Waals surface area contributed by atoms with Crippen LogP contribution in [0, 0.1) is 5.41 Å². The van der Waals surface area contributed by atoms with Crippen molar-refractivity contribution >= 4 is 27.4 Å². The Balaban J connectivity index is 1.69. The van der Waals surface area contributed by atoms with E-state index in [2.05, 4.69) is 12.1 Å². The van der Waals surface area contributed by atoms with Crippen LogP contribution in [-0.4, -0.2) is 31.6 Å². The summed E-state index contributed by atoms with van der Waals surface area (Å²) in [5.74, 6) is 0.240. The number of sulfonamides is 1. The zero-order chi connectivity index (χ0) is 19.8. The van der Waals surface area contributed by atoms with Gasteiger partial charge in [0.25, 0.3) is 0 Å². The summed E-state index contributed by atoms with van der Waals surface area (Å²) in [6.45, 7) is 0.691. The van der Waals surface area contributed by atoms with Gasteiger partial charge < -0.3 is 0 Å². The molecule has 0 radical (unpaired) electrons. The molecule has 0 aromatic heterocycles. The number of Topliss-reactive ketones (excluding diaryl/α,β-unsaturated/α-hetero) is 1. The van der Waals surface area contributed by atoms with Crippen LogP contribution in [0.25, 0.3) is 0 Å². The van der Waals surface area contributed by atoms with E-state index in [4.69, 9.17) is 11.6 Å². The van der Waals surface area contributed by atoms with Crippen molar-refractivity contribution in [2.24, 2.45) is 5.41 Å². The number of ketones is 1. The molecule has 0 bridgehead atoms. The quantitative estimate of drug-likeness (QED) is 0.701. The van der Waals surface area contributed by atoms with E-state index >= 15 is 0 Å². The molecule has 1 heterocycles. The third-order valence-corrected chi connectivity index (χ3v) is 7.89. The third-order valence-electron chi connectivity index (χ3n) is 5.81. The minimum absolute atomic E-state index is 0.240.